The first-order valence-electron chi connectivity index (χ1n) is 7.46. The second-order valence-electron chi connectivity index (χ2n) is 4.79. The Kier molecular flexibility index (Phi) is 9.82. The maximum atomic E-state index is 9.69. The van der Waals surface area contributed by atoms with Crippen LogP contribution < -0.4 is 10.1 Å². The van der Waals surface area contributed by atoms with E-state index in [4.69, 9.17) is 14.2 Å². The Morgan fingerprint density at radius 1 is 1.19 bits per heavy atom. The molecule has 0 aliphatic heterocycles. The molecule has 120 valence electrons. The molecule has 0 amide bonds. The average molecular weight is 297 g/mol. The molecule has 0 aliphatic carbocycles. The third-order valence-corrected chi connectivity index (χ3v) is 2.80. The number of ether oxygens (including phenoxy) is 3. The second kappa shape index (κ2) is 11.5. The molecule has 5 heteroatoms. The van der Waals surface area contributed by atoms with E-state index in [1.165, 1.54) is 5.56 Å². The highest BCUT2D eigenvalue weighted by Gasteiger charge is 2.03. The van der Waals surface area contributed by atoms with Crippen LogP contribution in [0.3, 0.4) is 0 Å². The van der Waals surface area contributed by atoms with Crippen LogP contribution >= 0.6 is 0 Å². The van der Waals surface area contributed by atoms with Crippen molar-refractivity contribution in [1.82, 2.24) is 5.32 Å². The molecule has 0 saturated heterocycles. The summed E-state index contributed by atoms with van der Waals surface area (Å²) in [5, 5.41) is 12.8. The second-order valence-corrected chi connectivity index (χ2v) is 4.79. The van der Waals surface area contributed by atoms with Crippen LogP contribution in [0.4, 0.5) is 0 Å². The van der Waals surface area contributed by atoms with Gasteiger partial charge in [-0.2, -0.15) is 0 Å². The van der Waals surface area contributed by atoms with Crippen LogP contribution in [0, 0.1) is 6.92 Å². The maximum absolute atomic E-state index is 9.69. The van der Waals surface area contributed by atoms with Gasteiger partial charge < -0.3 is 24.6 Å². The summed E-state index contributed by atoms with van der Waals surface area (Å²) in [6.45, 7) is 7.82. The van der Waals surface area contributed by atoms with Gasteiger partial charge in [-0.25, -0.2) is 0 Å². The Bertz CT molecular complexity index is 373. The fourth-order valence-electron chi connectivity index (χ4n) is 1.76. The van der Waals surface area contributed by atoms with Gasteiger partial charge in [0.15, 0.2) is 0 Å². The van der Waals surface area contributed by atoms with Crippen molar-refractivity contribution in [3.8, 4) is 5.75 Å². The van der Waals surface area contributed by atoms with Gasteiger partial charge in [-0.3, -0.25) is 0 Å². The molecule has 1 atom stereocenters. The van der Waals surface area contributed by atoms with Crippen molar-refractivity contribution in [2.24, 2.45) is 0 Å². The summed E-state index contributed by atoms with van der Waals surface area (Å²) in [6, 6.07) is 7.95. The maximum Gasteiger partial charge on any atom is 0.119 e. The first-order valence-corrected chi connectivity index (χ1v) is 7.46. The third-order valence-electron chi connectivity index (χ3n) is 2.80. The zero-order valence-electron chi connectivity index (χ0n) is 13.0. The van der Waals surface area contributed by atoms with Crippen LogP contribution in [0.1, 0.15) is 12.5 Å². The van der Waals surface area contributed by atoms with E-state index in [-0.39, 0.29) is 0 Å². The smallest absolute Gasteiger partial charge is 0.119 e. The van der Waals surface area contributed by atoms with E-state index in [9.17, 15) is 5.11 Å². The van der Waals surface area contributed by atoms with Crippen molar-refractivity contribution in [3.63, 3.8) is 0 Å². The molecular formula is C16H27NO4. The van der Waals surface area contributed by atoms with Gasteiger partial charge in [0.05, 0.1) is 25.9 Å². The van der Waals surface area contributed by atoms with Gasteiger partial charge >= 0.3 is 0 Å². The molecule has 0 spiro atoms. The number of aliphatic hydroxyl groups is 1. The van der Waals surface area contributed by atoms with Crippen LogP contribution in [-0.4, -0.2) is 57.3 Å². The topological polar surface area (TPSA) is 60.0 Å². The van der Waals surface area contributed by atoms with Crippen molar-refractivity contribution in [2.75, 3.05) is 46.1 Å². The van der Waals surface area contributed by atoms with E-state index in [2.05, 4.69) is 5.32 Å². The highest BCUT2D eigenvalue weighted by atomic mass is 16.5. The van der Waals surface area contributed by atoms with E-state index >= 15 is 0 Å². The van der Waals surface area contributed by atoms with Gasteiger partial charge in [0.25, 0.3) is 0 Å². The molecule has 5 nitrogen and oxygen atoms in total. The van der Waals surface area contributed by atoms with E-state index < -0.39 is 6.10 Å². The summed E-state index contributed by atoms with van der Waals surface area (Å²) >= 11 is 0. The lowest BCUT2D eigenvalue weighted by Crippen LogP contribution is -2.33. The highest BCUT2D eigenvalue weighted by molar-refractivity contribution is 5.27. The molecule has 0 aromatic heterocycles. The minimum absolute atomic E-state index is 0.318. The molecule has 1 unspecified atom stereocenters. The number of aliphatic hydroxyl groups excluding tert-OH is 1. The van der Waals surface area contributed by atoms with E-state index in [1.807, 2.05) is 38.1 Å². The van der Waals surface area contributed by atoms with Crippen molar-refractivity contribution in [3.05, 3.63) is 29.8 Å². The van der Waals surface area contributed by atoms with E-state index in [0.29, 0.717) is 46.1 Å². The molecule has 1 rings (SSSR count). The van der Waals surface area contributed by atoms with Crippen LogP contribution in [0.25, 0.3) is 0 Å². The number of hydrogen-bond donors (Lipinski definition) is 2. The predicted octanol–water partition coefficient (Wildman–Crippen LogP) is 1.38. The van der Waals surface area contributed by atoms with Gasteiger partial charge in [0.2, 0.25) is 0 Å². The molecule has 1 aromatic carbocycles. The van der Waals surface area contributed by atoms with Crippen molar-refractivity contribution < 1.29 is 19.3 Å². The summed E-state index contributed by atoms with van der Waals surface area (Å²) in [4.78, 5) is 0. The summed E-state index contributed by atoms with van der Waals surface area (Å²) in [5.41, 5.74) is 1.18. The van der Waals surface area contributed by atoms with Crippen LogP contribution in [-0.2, 0) is 9.47 Å². The van der Waals surface area contributed by atoms with Crippen LogP contribution in [0.15, 0.2) is 24.3 Å². The fourth-order valence-corrected chi connectivity index (χ4v) is 1.76. The molecule has 0 aliphatic rings. The van der Waals surface area contributed by atoms with Crippen molar-refractivity contribution in [2.45, 2.75) is 20.0 Å². The van der Waals surface area contributed by atoms with Crippen molar-refractivity contribution in [1.29, 1.82) is 0 Å². The molecule has 21 heavy (non-hydrogen) atoms. The van der Waals surface area contributed by atoms with Crippen molar-refractivity contribution >= 4 is 0 Å². The molecular weight excluding hydrogens is 270 g/mol. The summed E-state index contributed by atoms with van der Waals surface area (Å²) < 4.78 is 16.0. The van der Waals surface area contributed by atoms with Crippen LogP contribution in [0.5, 0.6) is 5.75 Å². The van der Waals surface area contributed by atoms with E-state index in [0.717, 1.165) is 5.75 Å². The molecule has 0 radical (unpaired) electrons. The Balaban J connectivity index is 1.96. The van der Waals surface area contributed by atoms with Gasteiger partial charge in [0, 0.05) is 19.7 Å². The first kappa shape index (κ1) is 17.9. The number of aryl methyl sites for hydroxylation is 1. The highest BCUT2D eigenvalue weighted by Crippen LogP contribution is 2.11. The average Bonchev–Trinajstić information content (AvgIpc) is 2.47. The minimum atomic E-state index is -0.509. The molecule has 1 aromatic rings. The van der Waals surface area contributed by atoms with Gasteiger partial charge in [-0.1, -0.05) is 12.1 Å². The summed E-state index contributed by atoms with van der Waals surface area (Å²) in [7, 11) is 0. The zero-order chi connectivity index (χ0) is 15.3. The minimum Gasteiger partial charge on any atom is -0.492 e. The number of hydrogen-bond acceptors (Lipinski definition) is 5. The zero-order valence-corrected chi connectivity index (χ0v) is 13.0. The lowest BCUT2D eigenvalue weighted by molar-refractivity contribution is 0.00639. The standard InChI is InChI=1S/C16H27NO4/c1-3-19-9-10-20-13-15(18)12-17-7-8-21-16-6-4-5-14(2)11-16/h4-6,11,15,17-18H,3,7-10,12-13H2,1-2H3. The van der Waals surface area contributed by atoms with Crippen LogP contribution in [0.2, 0.25) is 0 Å². The lowest BCUT2D eigenvalue weighted by atomic mass is 10.2. The quantitative estimate of drug-likeness (QED) is 0.571. The predicted molar refractivity (Wildman–Crippen MR) is 82.9 cm³/mol. The molecule has 0 saturated carbocycles. The lowest BCUT2D eigenvalue weighted by Gasteiger charge is -2.13. The third kappa shape index (κ3) is 9.42. The molecule has 0 bridgehead atoms. The van der Waals surface area contributed by atoms with E-state index in [1.54, 1.807) is 0 Å². The fraction of sp³-hybridized carbons (Fsp3) is 0.625. The Hall–Kier alpha value is -1.14. The Labute approximate surface area is 127 Å². The summed E-state index contributed by atoms with van der Waals surface area (Å²) in [6.07, 6.45) is -0.509. The molecule has 0 fully saturated rings. The Morgan fingerprint density at radius 3 is 2.76 bits per heavy atom. The molecule has 2 N–H and O–H groups in total. The van der Waals surface area contributed by atoms with Gasteiger partial charge in [-0.15, -0.1) is 0 Å². The molecule has 0 heterocycles. The number of rotatable bonds is 12. The van der Waals surface area contributed by atoms with Gasteiger partial charge in [0.1, 0.15) is 12.4 Å². The normalized spacial score (nSPS) is 12.3. The SMILES string of the molecule is CCOCCOCC(O)CNCCOc1cccc(C)c1. The largest absolute Gasteiger partial charge is 0.492 e. The number of benzene rings is 1. The monoisotopic (exact) mass is 297 g/mol. The summed E-state index contributed by atoms with van der Waals surface area (Å²) in [5.74, 6) is 0.872. The first-order chi connectivity index (χ1) is 10.2. The Morgan fingerprint density at radius 2 is 2.00 bits per heavy atom. The number of nitrogens with one attached hydrogen (secondary N) is 1. The van der Waals surface area contributed by atoms with Gasteiger partial charge in [-0.05, 0) is 31.5 Å².